The number of sulfonamides is 1. The molecule has 0 aliphatic carbocycles. The Morgan fingerprint density at radius 1 is 1.23 bits per heavy atom. The van der Waals surface area contributed by atoms with E-state index < -0.39 is 10.0 Å². The van der Waals surface area contributed by atoms with E-state index in [2.05, 4.69) is 15.0 Å². The molecule has 2 heterocycles. The molecule has 1 aliphatic heterocycles. The van der Waals surface area contributed by atoms with Crippen LogP contribution in [-0.4, -0.2) is 32.7 Å². The number of ether oxygens (including phenoxy) is 1. The highest BCUT2D eigenvalue weighted by Crippen LogP contribution is 2.15. The van der Waals surface area contributed by atoms with Crippen molar-refractivity contribution in [2.24, 2.45) is 0 Å². The van der Waals surface area contributed by atoms with Crippen LogP contribution in [-0.2, 0) is 21.3 Å². The highest BCUT2D eigenvalue weighted by atomic mass is 32.2. The van der Waals surface area contributed by atoms with Crippen molar-refractivity contribution < 1.29 is 13.2 Å². The third-order valence-electron chi connectivity index (χ3n) is 4.12. The van der Waals surface area contributed by atoms with Gasteiger partial charge in [0.25, 0.3) is 0 Å². The first-order valence-electron chi connectivity index (χ1n) is 8.37. The Bertz CT molecular complexity index is 868. The van der Waals surface area contributed by atoms with Gasteiger partial charge in [0.05, 0.1) is 16.6 Å². The summed E-state index contributed by atoms with van der Waals surface area (Å²) in [6, 6.07) is 12.1. The number of nitriles is 1. The molecule has 136 valence electrons. The monoisotopic (exact) mass is 372 g/mol. The van der Waals surface area contributed by atoms with E-state index in [1.807, 2.05) is 6.07 Å². The second kappa shape index (κ2) is 8.27. The van der Waals surface area contributed by atoms with Gasteiger partial charge in [0.1, 0.15) is 11.9 Å². The van der Waals surface area contributed by atoms with Crippen molar-refractivity contribution in [3.63, 3.8) is 0 Å². The van der Waals surface area contributed by atoms with Crippen LogP contribution in [0.15, 0.2) is 47.5 Å². The number of nitrogens with zero attached hydrogens (tertiary/aromatic N) is 2. The lowest BCUT2D eigenvalue weighted by Crippen LogP contribution is -2.31. The molecule has 7 nitrogen and oxygen atoms in total. The average molecular weight is 372 g/mol. The normalized spacial score (nSPS) is 17.0. The van der Waals surface area contributed by atoms with Gasteiger partial charge < -0.3 is 10.1 Å². The van der Waals surface area contributed by atoms with Crippen LogP contribution in [0.25, 0.3) is 0 Å². The van der Waals surface area contributed by atoms with Crippen LogP contribution in [0.2, 0.25) is 0 Å². The van der Waals surface area contributed by atoms with Crippen molar-refractivity contribution in [2.75, 3.05) is 18.5 Å². The number of hydrogen-bond acceptors (Lipinski definition) is 6. The number of aromatic nitrogens is 1. The summed E-state index contributed by atoms with van der Waals surface area (Å²) in [5, 5.41) is 11.9. The number of anilines is 1. The van der Waals surface area contributed by atoms with Gasteiger partial charge in [-0.05, 0) is 42.7 Å². The summed E-state index contributed by atoms with van der Waals surface area (Å²) in [7, 11) is -3.53. The molecule has 0 spiro atoms. The molecule has 0 radical (unpaired) electrons. The third-order valence-corrected chi connectivity index (χ3v) is 5.56. The minimum Gasteiger partial charge on any atom is -0.377 e. The first-order chi connectivity index (χ1) is 12.6. The summed E-state index contributed by atoms with van der Waals surface area (Å²) in [4.78, 5) is 4.36. The molecule has 3 rings (SSSR count). The summed E-state index contributed by atoms with van der Waals surface area (Å²) in [5.41, 5.74) is 1.43. The SMILES string of the molecule is N#Cc1ccc(NCc2ccc(S(=O)(=O)NC[C@H]3CCCO3)cc2)nc1. The summed E-state index contributed by atoms with van der Waals surface area (Å²) in [6.45, 7) is 1.50. The molecule has 0 bridgehead atoms. The molecule has 1 aromatic heterocycles. The van der Waals surface area contributed by atoms with E-state index in [0.29, 0.717) is 31.1 Å². The molecule has 1 atom stereocenters. The van der Waals surface area contributed by atoms with E-state index in [1.54, 1.807) is 36.4 Å². The van der Waals surface area contributed by atoms with Crippen molar-refractivity contribution >= 4 is 15.8 Å². The Hall–Kier alpha value is -2.47. The van der Waals surface area contributed by atoms with Gasteiger partial charge in [-0.1, -0.05) is 12.1 Å². The van der Waals surface area contributed by atoms with Gasteiger partial charge in [-0.15, -0.1) is 0 Å². The summed E-state index contributed by atoms with van der Waals surface area (Å²) in [5.74, 6) is 0.652. The fraction of sp³-hybridized carbons (Fsp3) is 0.333. The molecule has 1 fully saturated rings. The highest BCUT2D eigenvalue weighted by Gasteiger charge is 2.20. The number of nitrogens with one attached hydrogen (secondary N) is 2. The molecule has 26 heavy (non-hydrogen) atoms. The molecule has 0 saturated carbocycles. The zero-order chi connectivity index (χ0) is 18.4. The first-order valence-corrected chi connectivity index (χ1v) is 9.85. The van der Waals surface area contributed by atoms with Crippen molar-refractivity contribution in [1.82, 2.24) is 9.71 Å². The zero-order valence-corrected chi connectivity index (χ0v) is 15.0. The van der Waals surface area contributed by atoms with E-state index in [0.717, 1.165) is 18.4 Å². The lowest BCUT2D eigenvalue weighted by atomic mass is 10.2. The summed E-state index contributed by atoms with van der Waals surface area (Å²) >= 11 is 0. The van der Waals surface area contributed by atoms with E-state index >= 15 is 0 Å². The van der Waals surface area contributed by atoms with Gasteiger partial charge in [0.15, 0.2) is 0 Å². The molecule has 1 aliphatic rings. The standard InChI is InChI=1S/C18H20N4O3S/c19-10-15-5-8-18(21-12-15)20-11-14-3-6-17(7-4-14)26(23,24)22-13-16-2-1-9-25-16/h3-8,12,16,22H,1-2,9,11,13H2,(H,20,21)/t16-/m1/s1. The minimum atomic E-state index is -3.53. The number of benzene rings is 1. The molecule has 8 heteroatoms. The van der Waals surface area contributed by atoms with Gasteiger partial charge in [0, 0.05) is 25.9 Å². The minimum absolute atomic E-state index is 0.0341. The largest absolute Gasteiger partial charge is 0.377 e. The zero-order valence-electron chi connectivity index (χ0n) is 14.2. The van der Waals surface area contributed by atoms with Crippen molar-refractivity contribution in [3.05, 3.63) is 53.7 Å². The molecule has 1 saturated heterocycles. The predicted octanol–water partition coefficient (Wildman–Crippen LogP) is 2.02. The maximum atomic E-state index is 12.3. The van der Waals surface area contributed by atoms with Gasteiger partial charge in [0.2, 0.25) is 10.0 Å². The Morgan fingerprint density at radius 3 is 2.65 bits per heavy atom. The summed E-state index contributed by atoms with van der Waals surface area (Å²) < 4.78 is 32.7. The van der Waals surface area contributed by atoms with Crippen molar-refractivity contribution in [3.8, 4) is 6.07 Å². The Morgan fingerprint density at radius 2 is 2.04 bits per heavy atom. The van der Waals surface area contributed by atoms with Gasteiger partial charge in [-0.3, -0.25) is 0 Å². The highest BCUT2D eigenvalue weighted by molar-refractivity contribution is 7.89. The Kier molecular flexibility index (Phi) is 5.83. The average Bonchev–Trinajstić information content (AvgIpc) is 3.19. The molecular formula is C18H20N4O3S. The van der Waals surface area contributed by atoms with Crippen LogP contribution in [0.5, 0.6) is 0 Å². The van der Waals surface area contributed by atoms with Crippen molar-refractivity contribution in [2.45, 2.75) is 30.4 Å². The van der Waals surface area contributed by atoms with Crippen LogP contribution in [0.3, 0.4) is 0 Å². The summed E-state index contributed by atoms with van der Waals surface area (Å²) in [6.07, 6.45) is 3.32. The van der Waals surface area contributed by atoms with E-state index in [-0.39, 0.29) is 11.0 Å². The molecular weight excluding hydrogens is 352 g/mol. The third kappa shape index (κ3) is 4.79. The van der Waals surface area contributed by atoms with Gasteiger partial charge >= 0.3 is 0 Å². The molecule has 2 N–H and O–H groups in total. The number of rotatable bonds is 7. The molecule has 0 amide bonds. The van der Waals surface area contributed by atoms with Gasteiger partial charge in [-0.2, -0.15) is 5.26 Å². The lowest BCUT2D eigenvalue weighted by Gasteiger charge is -2.12. The Labute approximate surface area is 153 Å². The van der Waals surface area contributed by atoms with Gasteiger partial charge in [-0.25, -0.2) is 18.1 Å². The maximum Gasteiger partial charge on any atom is 0.240 e. The first kappa shape index (κ1) is 18.3. The second-order valence-electron chi connectivity index (χ2n) is 6.03. The molecule has 0 unspecified atom stereocenters. The van der Waals surface area contributed by atoms with E-state index in [1.165, 1.54) is 6.20 Å². The number of hydrogen-bond donors (Lipinski definition) is 2. The second-order valence-corrected chi connectivity index (χ2v) is 7.80. The topological polar surface area (TPSA) is 104 Å². The molecule has 1 aromatic carbocycles. The lowest BCUT2D eigenvalue weighted by molar-refractivity contribution is 0.114. The smallest absolute Gasteiger partial charge is 0.240 e. The van der Waals surface area contributed by atoms with Crippen LogP contribution in [0.4, 0.5) is 5.82 Å². The van der Waals surface area contributed by atoms with Crippen LogP contribution >= 0.6 is 0 Å². The molecule has 2 aromatic rings. The van der Waals surface area contributed by atoms with E-state index in [4.69, 9.17) is 10.00 Å². The van der Waals surface area contributed by atoms with Crippen LogP contribution in [0.1, 0.15) is 24.0 Å². The quantitative estimate of drug-likeness (QED) is 0.771. The fourth-order valence-electron chi connectivity index (χ4n) is 2.63. The van der Waals surface area contributed by atoms with Crippen molar-refractivity contribution in [1.29, 1.82) is 5.26 Å². The number of pyridine rings is 1. The maximum absolute atomic E-state index is 12.3. The fourth-order valence-corrected chi connectivity index (χ4v) is 3.70. The van der Waals surface area contributed by atoms with Crippen LogP contribution < -0.4 is 10.0 Å². The van der Waals surface area contributed by atoms with E-state index in [9.17, 15) is 8.42 Å². The van der Waals surface area contributed by atoms with Crippen LogP contribution in [0, 0.1) is 11.3 Å². The predicted molar refractivity (Wildman–Crippen MR) is 96.9 cm³/mol. The Balaban J connectivity index is 1.55.